The number of amides is 1. The number of rotatable bonds is 9. The lowest BCUT2D eigenvalue weighted by molar-refractivity contribution is -0.120. The fraction of sp³-hybridized carbons (Fsp3) is 0.333. The molecule has 0 saturated heterocycles. The van der Waals surface area contributed by atoms with Crippen LogP contribution in [0.1, 0.15) is 31.7 Å². The quantitative estimate of drug-likeness (QED) is 0.543. The van der Waals surface area contributed by atoms with E-state index in [1.165, 1.54) is 17.3 Å². The van der Waals surface area contributed by atoms with Gasteiger partial charge in [-0.2, -0.15) is 4.68 Å². The van der Waals surface area contributed by atoms with Crippen LogP contribution in [-0.2, 0) is 4.79 Å². The summed E-state index contributed by atoms with van der Waals surface area (Å²) in [4.78, 5) is 12.6. The first-order valence-electron chi connectivity index (χ1n) is 9.54. The van der Waals surface area contributed by atoms with Gasteiger partial charge in [-0.25, -0.2) is 0 Å². The van der Waals surface area contributed by atoms with Gasteiger partial charge < -0.3 is 10.1 Å². The largest absolute Gasteiger partial charge is 0.497 e. The molecule has 7 nitrogen and oxygen atoms in total. The van der Waals surface area contributed by atoms with Crippen molar-refractivity contribution in [3.8, 4) is 11.4 Å². The van der Waals surface area contributed by atoms with Crippen LogP contribution in [0, 0.1) is 0 Å². The Morgan fingerprint density at radius 1 is 1.17 bits per heavy atom. The molecule has 3 aromatic rings. The number of tetrazole rings is 1. The Morgan fingerprint density at radius 2 is 1.90 bits per heavy atom. The molecule has 8 heteroatoms. The average molecular weight is 412 g/mol. The third-order valence-corrected chi connectivity index (χ3v) is 5.73. The van der Waals surface area contributed by atoms with Crippen molar-refractivity contribution in [3.63, 3.8) is 0 Å². The average Bonchev–Trinajstić information content (AvgIpc) is 3.22. The highest BCUT2D eigenvalue weighted by Crippen LogP contribution is 2.24. The third-order valence-electron chi connectivity index (χ3n) is 4.70. The van der Waals surface area contributed by atoms with Gasteiger partial charge in [-0.15, -0.1) is 5.10 Å². The molecule has 2 aromatic carbocycles. The van der Waals surface area contributed by atoms with E-state index in [4.69, 9.17) is 4.74 Å². The molecule has 0 saturated carbocycles. The first kappa shape index (κ1) is 20.9. The van der Waals surface area contributed by atoms with Gasteiger partial charge in [0.25, 0.3) is 0 Å². The number of aromatic nitrogens is 4. The number of thioether (sulfide) groups is 1. The number of hydrogen-bond acceptors (Lipinski definition) is 6. The summed E-state index contributed by atoms with van der Waals surface area (Å²) in [6, 6.07) is 17.7. The molecule has 0 aliphatic rings. The predicted octanol–water partition coefficient (Wildman–Crippen LogP) is 3.46. The van der Waals surface area contributed by atoms with E-state index in [2.05, 4.69) is 39.9 Å². The molecule has 1 heterocycles. The molecule has 0 spiro atoms. The number of ether oxygens (including phenoxy) is 1. The lowest BCUT2D eigenvalue weighted by Gasteiger charge is -2.18. The molecule has 3 rings (SSSR count). The molecule has 1 aromatic heterocycles. The summed E-state index contributed by atoms with van der Waals surface area (Å²) in [5, 5.41) is 15.2. The van der Waals surface area contributed by atoms with Crippen LogP contribution in [0.3, 0.4) is 0 Å². The van der Waals surface area contributed by atoms with E-state index < -0.39 is 0 Å². The van der Waals surface area contributed by atoms with E-state index in [-0.39, 0.29) is 11.2 Å². The molecule has 152 valence electrons. The second kappa shape index (κ2) is 10.1. The lowest BCUT2D eigenvalue weighted by atomic mass is 9.96. The SMILES string of the molecule is CC[C@H](CNC(=O)[C@H](C)Sc1nnnn1-c1ccc(OC)cc1)c1ccccc1. The predicted molar refractivity (Wildman–Crippen MR) is 114 cm³/mol. The zero-order valence-electron chi connectivity index (χ0n) is 16.8. The van der Waals surface area contributed by atoms with Crippen molar-refractivity contribution in [2.45, 2.75) is 36.6 Å². The topological polar surface area (TPSA) is 81.9 Å². The van der Waals surface area contributed by atoms with Crippen molar-refractivity contribution in [2.24, 2.45) is 0 Å². The third kappa shape index (κ3) is 5.35. The highest BCUT2D eigenvalue weighted by Gasteiger charge is 2.20. The monoisotopic (exact) mass is 411 g/mol. The van der Waals surface area contributed by atoms with E-state index in [1.807, 2.05) is 49.4 Å². The van der Waals surface area contributed by atoms with Gasteiger partial charge in [0.2, 0.25) is 11.1 Å². The van der Waals surface area contributed by atoms with Crippen molar-refractivity contribution < 1.29 is 9.53 Å². The number of nitrogens with zero attached hydrogens (tertiary/aromatic N) is 4. The Hall–Kier alpha value is -2.87. The van der Waals surface area contributed by atoms with E-state index in [9.17, 15) is 4.79 Å². The fourth-order valence-electron chi connectivity index (χ4n) is 2.94. The number of hydrogen-bond donors (Lipinski definition) is 1. The van der Waals surface area contributed by atoms with E-state index in [0.29, 0.717) is 17.6 Å². The zero-order valence-corrected chi connectivity index (χ0v) is 17.6. The van der Waals surface area contributed by atoms with Gasteiger partial charge in [0, 0.05) is 12.5 Å². The van der Waals surface area contributed by atoms with Gasteiger partial charge in [0.1, 0.15) is 5.75 Å². The van der Waals surface area contributed by atoms with E-state index in [0.717, 1.165) is 17.9 Å². The second-order valence-corrected chi connectivity index (χ2v) is 7.90. The Labute approximate surface area is 174 Å². The van der Waals surface area contributed by atoms with Crippen LogP contribution < -0.4 is 10.1 Å². The summed E-state index contributed by atoms with van der Waals surface area (Å²) in [6.45, 7) is 4.59. The molecular weight excluding hydrogens is 386 g/mol. The standard InChI is InChI=1S/C21H25N5O2S/c1-4-16(17-8-6-5-7-9-17)14-22-20(27)15(2)29-21-23-24-25-26(21)18-10-12-19(28-3)13-11-18/h5-13,15-16H,4,14H2,1-3H3,(H,22,27)/t15-,16+/m0/s1. The molecular formula is C21H25N5O2S. The van der Waals surface area contributed by atoms with Gasteiger partial charge in [0.15, 0.2) is 0 Å². The van der Waals surface area contributed by atoms with Gasteiger partial charge in [-0.05, 0) is 53.6 Å². The molecule has 1 N–H and O–H groups in total. The van der Waals surface area contributed by atoms with E-state index in [1.54, 1.807) is 11.8 Å². The van der Waals surface area contributed by atoms with Crippen LogP contribution >= 0.6 is 11.8 Å². The van der Waals surface area contributed by atoms with Crippen molar-refractivity contribution in [2.75, 3.05) is 13.7 Å². The maximum atomic E-state index is 12.6. The highest BCUT2D eigenvalue weighted by molar-refractivity contribution is 8.00. The van der Waals surface area contributed by atoms with Crippen LogP contribution in [0.25, 0.3) is 5.69 Å². The molecule has 0 bridgehead atoms. The van der Waals surface area contributed by atoms with Crippen LogP contribution in [0.4, 0.5) is 0 Å². The Kier molecular flexibility index (Phi) is 7.24. The maximum Gasteiger partial charge on any atom is 0.233 e. The number of methoxy groups -OCH3 is 1. The van der Waals surface area contributed by atoms with Crippen molar-refractivity contribution in [1.82, 2.24) is 25.5 Å². The van der Waals surface area contributed by atoms with Gasteiger partial charge in [-0.1, -0.05) is 49.0 Å². The summed E-state index contributed by atoms with van der Waals surface area (Å²) >= 11 is 1.33. The molecule has 29 heavy (non-hydrogen) atoms. The first-order valence-corrected chi connectivity index (χ1v) is 10.4. The summed E-state index contributed by atoms with van der Waals surface area (Å²) in [7, 11) is 1.62. The Bertz CT molecular complexity index is 914. The van der Waals surface area contributed by atoms with Crippen molar-refractivity contribution in [3.05, 3.63) is 60.2 Å². The maximum absolute atomic E-state index is 12.6. The number of carbonyl (C=O) groups is 1. The highest BCUT2D eigenvalue weighted by atomic mass is 32.2. The summed E-state index contributed by atoms with van der Waals surface area (Å²) in [6.07, 6.45) is 0.960. The van der Waals surface area contributed by atoms with Crippen LogP contribution in [0.5, 0.6) is 5.75 Å². The molecule has 0 unspecified atom stereocenters. The first-order chi connectivity index (χ1) is 14.1. The van der Waals surface area contributed by atoms with Crippen molar-refractivity contribution in [1.29, 1.82) is 0 Å². The Balaban J connectivity index is 1.61. The van der Waals surface area contributed by atoms with Crippen molar-refractivity contribution >= 4 is 17.7 Å². The number of nitrogens with one attached hydrogen (secondary N) is 1. The van der Waals surface area contributed by atoms with Crippen LogP contribution in [-0.4, -0.2) is 45.0 Å². The van der Waals surface area contributed by atoms with Gasteiger partial charge in [0.05, 0.1) is 18.0 Å². The molecule has 0 aliphatic heterocycles. The molecule has 1 amide bonds. The number of benzene rings is 2. The van der Waals surface area contributed by atoms with Crippen LogP contribution in [0.2, 0.25) is 0 Å². The minimum absolute atomic E-state index is 0.0336. The lowest BCUT2D eigenvalue weighted by Crippen LogP contribution is -2.34. The molecule has 0 fully saturated rings. The molecule has 0 aliphatic carbocycles. The second-order valence-electron chi connectivity index (χ2n) is 6.59. The smallest absolute Gasteiger partial charge is 0.233 e. The summed E-state index contributed by atoms with van der Waals surface area (Å²) in [5.74, 6) is 1.02. The van der Waals surface area contributed by atoms with Gasteiger partial charge >= 0.3 is 0 Å². The van der Waals surface area contributed by atoms with Crippen LogP contribution in [0.15, 0.2) is 59.8 Å². The number of carbonyl (C=O) groups excluding carboxylic acids is 1. The molecule has 0 radical (unpaired) electrons. The Morgan fingerprint density at radius 3 is 2.55 bits per heavy atom. The minimum Gasteiger partial charge on any atom is -0.497 e. The summed E-state index contributed by atoms with van der Waals surface area (Å²) in [5.41, 5.74) is 2.04. The van der Waals surface area contributed by atoms with E-state index >= 15 is 0 Å². The zero-order chi connectivity index (χ0) is 20.6. The minimum atomic E-state index is -0.328. The van der Waals surface area contributed by atoms with Gasteiger partial charge in [-0.3, -0.25) is 4.79 Å². The normalized spacial score (nSPS) is 12.9. The fourth-order valence-corrected chi connectivity index (χ4v) is 3.77. The summed E-state index contributed by atoms with van der Waals surface area (Å²) < 4.78 is 6.80. The molecule has 2 atom stereocenters.